The second-order valence-electron chi connectivity index (χ2n) is 5.18. The molecule has 3 nitrogen and oxygen atoms in total. The largest absolute Gasteiger partial charge is 0.380 e. The lowest BCUT2D eigenvalue weighted by molar-refractivity contribution is 0.0939. The van der Waals surface area contributed by atoms with Crippen molar-refractivity contribution < 1.29 is 9.53 Å². The number of carbonyl (C=O) groups is 1. The van der Waals surface area contributed by atoms with E-state index in [0.29, 0.717) is 12.2 Å². The van der Waals surface area contributed by atoms with Crippen LogP contribution in [0.15, 0.2) is 48.5 Å². The van der Waals surface area contributed by atoms with Gasteiger partial charge < -0.3 is 10.1 Å². The van der Waals surface area contributed by atoms with Gasteiger partial charge in [0.15, 0.2) is 0 Å². The van der Waals surface area contributed by atoms with E-state index in [1.54, 1.807) is 7.11 Å². The fourth-order valence-corrected chi connectivity index (χ4v) is 2.35. The number of aryl methyl sites for hydroxylation is 1. The van der Waals surface area contributed by atoms with Crippen LogP contribution in [0.2, 0.25) is 0 Å². The highest BCUT2D eigenvalue weighted by molar-refractivity contribution is 5.94. The summed E-state index contributed by atoms with van der Waals surface area (Å²) >= 11 is 0. The Morgan fingerprint density at radius 3 is 2.43 bits per heavy atom. The third-order valence-electron chi connectivity index (χ3n) is 3.53. The average Bonchev–Trinajstić information content (AvgIpc) is 2.48. The van der Waals surface area contributed by atoms with Gasteiger partial charge in [-0.1, -0.05) is 36.4 Å². The first-order valence-corrected chi connectivity index (χ1v) is 7.06. The van der Waals surface area contributed by atoms with E-state index in [0.717, 1.165) is 11.1 Å². The fraction of sp³-hybridized carbons (Fsp3) is 0.278. The van der Waals surface area contributed by atoms with Crippen LogP contribution in [-0.2, 0) is 11.3 Å². The molecule has 21 heavy (non-hydrogen) atoms. The van der Waals surface area contributed by atoms with Crippen molar-refractivity contribution in [2.24, 2.45) is 0 Å². The summed E-state index contributed by atoms with van der Waals surface area (Å²) in [5, 5.41) is 3.03. The van der Waals surface area contributed by atoms with Gasteiger partial charge in [-0.2, -0.15) is 0 Å². The molecule has 0 spiro atoms. The molecule has 0 aliphatic carbocycles. The first kappa shape index (κ1) is 15.3. The van der Waals surface area contributed by atoms with Gasteiger partial charge in [0.2, 0.25) is 0 Å². The summed E-state index contributed by atoms with van der Waals surface area (Å²) in [6, 6.07) is 15.6. The summed E-state index contributed by atoms with van der Waals surface area (Å²) in [6.45, 7) is 4.61. The van der Waals surface area contributed by atoms with Gasteiger partial charge in [-0.05, 0) is 42.7 Å². The molecular formula is C18H21NO2. The van der Waals surface area contributed by atoms with Gasteiger partial charge >= 0.3 is 0 Å². The van der Waals surface area contributed by atoms with E-state index in [1.165, 1.54) is 5.56 Å². The number of nitrogens with one attached hydrogen (secondary N) is 1. The molecule has 0 fully saturated rings. The maximum atomic E-state index is 12.3. The van der Waals surface area contributed by atoms with Crippen molar-refractivity contribution >= 4 is 5.91 Å². The zero-order valence-electron chi connectivity index (χ0n) is 12.7. The maximum Gasteiger partial charge on any atom is 0.251 e. The summed E-state index contributed by atoms with van der Waals surface area (Å²) in [7, 11) is 1.66. The monoisotopic (exact) mass is 283 g/mol. The van der Waals surface area contributed by atoms with Crippen LogP contribution in [-0.4, -0.2) is 13.0 Å². The zero-order valence-corrected chi connectivity index (χ0v) is 12.7. The van der Waals surface area contributed by atoms with Crippen LogP contribution in [0.3, 0.4) is 0 Å². The molecule has 0 aliphatic heterocycles. The van der Waals surface area contributed by atoms with Crippen molar-refractivity contribution in [1.29, 1.82) is 0 Å². The second kappa shape index (κ2) is 7.04. The quantitative estimate of drug-likeness (QED) is 0.910. The fourth-order valence-electron chi connectivity index (χ4n) is 2.35. The van der Waals surface area contributed by atoms with Crippen molar-refractivity contribution in [2.45, 2.75) is 26.5 Å². The summed E-state index contributed by atoms with van der Waals surface area (Å²) in [5.74, 6) is -0.0604. The number of rotatable bonds is 5. The lowest BCUT2D eigenvalue weighted by Gasteiger charge is -2.16. The molecule has 0 heterocycles. The summed E-state index contributed by atoms with van der Waals surface area (Å²) in [4.78, 5) is 12.3. The molecule has 3 heteroatoms. The molecular weight excluding hydrogens is 262 g/mol. The number of amides is 1. The molecule has 1 unspecified atom stereocenters. The summed E-state index contributed by atoms with van der Waals surface area (Å²) in [6.07, 6.45) is 0. The number of benzene rings is 2. The Bertz CT molecular complexity index is 605. The van der Waals surface area contributed by atoms with Crippen molar-refractivity contribution in [3.05, 3.63) is 70.8 Å². The second-order valence-corrected chi connectivity index (χ2v) is 5.18. The zero-order chi connectivity index (χ0) is 15.2. The van der Waals surface area contributed by atoms with E-state index >= 15 is 0 Å². The minimum absolute atomic E-state index is 0.0163. The first-order chi connectivity index (χ1) is 10.1. The predicted molar refractivity (Wildman–Crippen MR) is 84.2 cm³/mol. The van der Waals surface area contributed by atoms with Gasteiger partial charge in [-0.25, -0.2) is 0 Å². The highest BCUT2D eigenvalue weighted by Gasteiger charge is 2.12. The van der Waals surface area contributed by atoms with Gasteiger partial charge in [-0.15, -0.1) is 0 Å². The molecule has 2 rings (SSSR count). The molecule has 1 amide bonds. The van der Waals surface area contributed by atoms with Gasteiger partial charge in [0.25, 0.3) is 5.91 Å². The highest BCUT2D eigenvalue weighted by atomic mass is 16.5. The molecule has 0 aromatic heterocycles. The van der Waals surface area contributed by atoms with Crippen LogP contribution in [0.25, 0.3) is 0 Å². The molecule has 0 aliphatic rings. The highest BCUT2D eigenvalue weighted by Crippen LogP contribution is 2.17. The number of hydrogen-bond donors (Lipinski definition) is 1. The summed E-state index contributed by atoms with van der Waals surface area (Å²) < 4.78 is 5.06. The van der Waals surface area contributed by atoms with Gasteiger partial charge in [0.05, 0.1) is 12.6 Å². The van der Waals surface area contributed by atoms with Crippen LogP contribution in [0.5, 0.6) is 0 Å². The number of hydrogen-bond acceptors (Lipinski definition) is 2. The maximum absolute atomic E-state index is 12.3. The van der Waals surface area contributed by atoms with Crippen molar-refractivity contribution in [1.82, 2.24) is 5.32 Å². The van der Waals surface area contributed by atoms with Crippen molar-refractivity contribution in [3.63, 3.8) is 0 Å². The van der Waals surface area contributed by atoms with E-state index in [4.69, 9.17) is 4.74 Å². The molecule has 0 radical (unpaired) electrons. The molecule has 2 aromatic rings. The minimum atomic E-state index is -0.0604. The lowest BCUT2D eigenvalue weighted by Crippen LogP contribution is -2.27. The van der Waals surface area contributed by atoms with E-state index in [2.05, 4.69) is 18.3 Å². The van der Waals surface area contributed by atoms with Crippen LogP contribution in [0.1, 0.15) is 40.0 Å². The van der Waals surface area contributed by atoms with Crippen molar-refractivity contribution in [2.75, 3.05) is 7.11 Å². The molecule has 1 N–H and O–H groups in total. The predicted octanol–water partition coefficient (Wildman–Crippen LogP) is 3.63. The smallest absolute Gasteiger partial charge is 0.251 e. The van der Waals surface area contributed by atoms with E-state index in [9.17, 15) is 4.79 Å². The molecule has 110 valence electrons. The minimum Gasteiger partial charge on any atom is -0.380 e. The molecule has 0 saturated carbocycles. The molecule has 0 bridgehead atoms. The Labute approximate surface area is 126 Å². The molecule has 2 aromatic carbocycles. The average molecular weight is 283 g/mol. The Morgan fingerprint density at radius 2 is 1.81 bits per heavy atom. The SMILES string of the molecule is COCc1ccc(C(=O)NC(C)c2ccccc2C)cc1. The normalized spacial score (nSPS) is 12.0. The van der Waals surface area contributed by atoms with Gasteiger partial charge in [-0.3, -0.25) is 4.79 Å². The van der Waals surface area contributed by atoms with E-state index < -0.39 is 0 Å². The van der Waals surface area contributed by atoms with E-state index in [1.807, 2.05) is 49.4 Å². The van der Waals surface area contributed by atoms with Crippen LogP contribution in [0.4, 0.5) is 0 Å². The number of methoxy groups -OCH3 is 1. The van der Waals surface area contributed by atoms with Crippen LogP contribution < -0.4 is 5.32 Å². The Balaban J connectivity index is 2.05. The third-order valence-corrected chi connectivity index (χ3v) is 3.53. The Kier molecular flexibility index (Phi) is 5.12. The number of ether oxygens (including phenoxy) is 1. The topological polar surface area (TPSA) is 38.3 Å². The van der Waals surface area contributed by atoms with Crippen LogP contribution >= 0.6 is 0 Å². The third kappa shape index (κ3) is 3.92. The standard InChI is InChI=1S/C18H21NO2/c1-13-6-4-5-7-17(13)14(2)19-18(20)16-10-8-15(9-11-16)12-21-3/h4-11,14H,12H2,1-3H3,(H,19,20). The first-order valence-electron chi connectivity index (χ1n) is 7.06. The number of carbonyl (C=O) groups excluding carboxylic acids is 1. The Morgan fingerprint density at radius 1 is 1.14 bits per heavy atom. The van der Waals surface area contributed by atoms with Gasteiger partial charge in [0.1, 0.15) is 0 Å². The molecule has 0 saturated heterocycles. The van der Waals surface area contributed by atoms with Gasteiger partial charge in [0, 0.05) is 12.7 Å². The lowest BCUT2D eigenvalue weighted by atomic mass is 10.0. The van der Waals surface area contributed by atoms with Crippen LogP contribution in [0, 0.1) is 6.92 Å². The Hall–Kier alpha value is -2.13. The molecule has 1 atom stereocenters. The summed E-state index contributed by atoms with van der Waals surface area (Å²) in [5.41, 5.74) is 4.04. The van der Waals surface area contributed by atoms with E-state index in [-0.39, 0.29) is 11.9 Å². The van der Waals surface area contributed by atoms with Crippen molar-refractivity contribution in [3.8, 4) is 0 Å².